The van der Waals surface area contributed by atoms with E-state index in [9.17, 15) is 22.8 Å². The SMILES string of the molecule is COc1n[nH]c2ncc(N3CCC(N(C)C(=O)Nc4cc(C(F)(F)F)cn(C)c4=O)C[C@H]3C)cc12. The van der Waals surface area contributed by atoms with E-state index in [1.807, 2.05) is 13.0 Å². The van der Waals surface area contributed by atoms with Crippen LogP contribution >= 0.6 is 0 Å². The van der Waals surface area contributed by atoms with Crippen LogP contribution in [0.25, 0.3) is 11.0 Å². The molecular formula is C22H26F3N7O3. The van der Waals surface area contributed by atoms with Crippen LogP contribution in [0.1, 0.15) is 25.3 Å². The van der Waals surface area contributed by atoms with Gasteiger partial charge in [-0.25, -0.2) is 9.78 Å². The highest BCUT2D eigenvalue weighted by atomic mass is 19.4. The van der Waals surface area contributed by atoms with E-state index in [-0.39, 0.29) is 12.1 Å². The van der Waals surface area contributed by atoms with Gasteiger partial charge in [0.25, 0.3) is 5.56 Å². The number of pyridine rings is 2. The number of hydrogen-bond donors (Lipinski definition) is 2. The molecule has 1 unspecified atom stereocenters. The number of rotatable bonds is 4. The summed E-state index contributed by atoms with van der Waals surface area (Å²) in [7, 11) is 4.32. The fraction of sp³-hybridized carbons (Fsp3) is 0.455. The number of carbonyl (C=O) groups excluding carboxylic acids is 1. The number of piperidine rings is 1. The highest BCUT2D eigenvalue weighted by molar-refractivity contribution is 5.89. The Kier molecular flexibility index (Phi) is 6.34. The molecule has 1 saturated heterocycles. The van der Waals surface area contributed by atoms with Gasteiger partial charge in [-0.3, -0.25) is 9.89 Å². The van der Waals surface area contributed by atoms with E-state index < -0.39 is 29.0 Å². The van der Waals surface area contributed by atoms with Gasteiger partial charge in [0.1, 0.15) is 5.69 Å². The zero-order valence-corrected chi connectivity index (χ0v) is 19.7. The lowest BCUT2D eigenvalue weighted by Gasteiger charge is -2.42. The van der Waals surface area contributed by atoms with E-state index in [2.05, 4.69) is 25.4 Å². The van der Waals surface area contributed by atoms with Crippen LogP contribution in [-0.2, 0) is 13.2 Å². The van der Waals surface area contributed by atoms with Gasteiger partial charge in [0.2, 0.25) is 5.88 Å². The molecule has 35 heavy (non-hydrogen) atoms. The van der Waals surface area contributed by atoms with E-state index in [4.69, 9.17) is 4.74 Å². The molecule has 0 saturated carbocycles. The van der Waals surface area contributed by atoms with Crippen LogP contribution in [0.3, 0.4) is 0 Å². The summed E-state index contributed by atoms with van der Waals surface area (Å²) in [6.07, 6.45) is -0.959. The van der Waals surface area contributed by atoms with Crippen molar-refractivity contribution in [2.75, 3.05) is 30.9 Å². The number of nitrogens with one attached hydrogen (secondary N) is 2. The summed E-state index contributed by atoms with van der Waals surface area (Å²) in [5.74, 6) is 0.453. The van der Waals surface area contributed by atoms with Gasteiger partial charge in [0, 0.05) is 38.9 Å². The minimum atomic E-state index is -4.64. The number of urea groups is 1. The molecule has 2 amide bonds. The Balaban J connectivity index is 1.46. The minimum Gasteiger partial charge on any atom is -0.479 e. The number of H-pyrrole nitrogens is 1. The number of aromatic nitrogens is 4. The predicted molar refractivity (Wildman–Crippen MR) is 124 cm³/mol. The monoisotopic (exact) mass is 493 g/mol. The molecule has 0 radical (unpaired) electrons. The lowest BCUT2D eigenvalue weighted by molar-refractivity contribution is -0.138. The van der Waals surface area contributed by atoms with Gasteiger partial charge in [-0.1, -0.05) is 0 Å². The van der Waals surface area contributed by atoms with E-state index in [1.165, 1.54) is 19.1 Å². The Bertz CT molecular complexity index is 1300. The molecule has 188 valence electrons. The van der Waals surface area contributed by atoms with Crippen molar-refractivity contribution < 1.29 is 22.7 Å². The quantitative estimate of drug-likeness (QED) is 0.578. The maximum absolute atomic E-state index is 13.1. The summed E-state index contributed by atoms with van der Waals surface area (Å²) in [6, 6.07) is 1.84. The zero-order valence-electron chi connectivity index (χ0n) is 19.7. The first-order chi connectivity index (χ1) is 16.5. The number of hydrogen-bond acceptors (Lipinski definition) is 6. The molecule has 13 heteroatoms. The van der Waals surface area contributed by atoms with Crippen LogP contribution in [-0.4, -0.2) is 63.5 Å². The smallest absolute Gasteiger partial charge is 0.417 e. The van der Waals surface area contributed by atoms with E-state index in [0.717, 1.165) is 15.6 Å². The Morgan fingerprint density at radius 1 is 1.34 bits per heavy atom. The molecule has 4 rings (SSSR count). The van der Waals surface area contributed by atoms with E-state index in [1.54, 1.807) is 13.2 Å². The Labute approximate surface area is 198 Å². The van der Waals surface area contributed by atoms with Crippen LogP contribution in [0.2, 0.25) is 0 Å². The largest absolute Gasteiger partial charge is 0.479 e. The first-order valence-corrected chi connectivity index (χ1v) is 11.0. The number of carbonyl (C=O) groups is 1. The summed E-state index contributed by atoms with van der Waals surface area (Å²) in [5.41, 5.74) is -0.647. The zero-order chi connectivity index (χ0) is 25.5. The number of anilines is 2. The van der Waals surface area contributed by atoms with Crippen molar-refractivity contribution >= 4 is 28.4 Å². The number of amides is 2. The molecule has 1 fully saturated rings. The molecule has 1 aliphatic heterocycles. The second kappa shape index (κ2) is 9.12. The summed E-state index contributed by atoms with van der Waals surface area (Å²) < 4.78 is 45.5. The number of nitrogens with zero attached hydrogens (tertiary/aromatic N) is 5. The summed E-state index contributed by atoms with van der Waals surface area (Å²) in [6.45, 7) is 2.65. The Hall–Kier alpha value is -3.77. The fourth-order valence-electron chi connectivity index (χ4n) is 4.39. The molecular weight excluding hydrogens is 467 g/mol. The maximum atomic E-state index is 13.1. The van der Waals surface area contributed by atoms with Crippen molar-refractivity contribution in [3.05, 3.63) is 40.4 Å². The molecule has 2 atom stereocenters. The molecule has 0 aliphatic carbocycles. The van der Waals surface area contributed by atoms with Crippen LogP contribution in [0, 0.1) is 0 Å². The summed E-state index contributed by atoms with van der Waals surface area (Å²) >= 11 is 0. The van der Waals surface area contributed by atoms with E-state index >= 15 is 0 Å². The van der Waals surface area contributed by atoms with Crippen LogP contribution in [0.4, 0.5) is 29.3 Å². The topological polar surface area (TPSA) is 108 Å². The predicted octanol–water partition coefficient (Wildman–Crippen LogP) is 3.21. The first-order valence-electron chi connectivity index (χ1n) is 11.0. The standard InChI is InChI=1S/C22H26F3N7O3/c1-12-7-14(5-6-32(12)15-9-16-18(26-10-15)28-29-19(16)35-4)31(3)21(34)27-17-8-13(22(23,24)25)11-30(2)20(17)33/h8-12,14H,5-7H2,1-4H3,(H,27,34)(H,26,28,29)/t12-,14?/m1/s1. The first kappa shape index (κ1) is 24.4. The van der Waals surface area contributed by atoms with Gasteiger partial charge >= 0.3 is 12.2 Å². The second-order valence-corrected chi connectivity index (χ2v) is 8.64. The average Bonchev–Trinajstić information content (AvgIpc) is 3.22. The molecule has 2 N–H and O–H groups in total. The van der Waals surface area contributed by atoms with Crippen LogP contribution in [0.5, 0.6) is 5.88 Å². The molecule has 3 aromatic heterocycles. The number of halogens is 3. The van der Waals surface area contributed by atoms with Gasteiger partial charge in [-0.15, -0.1) is 5.10 Å². The van der Waals surface area contributed by atoms with Crippen molar-refractivity contribution in [2.45, 2.75) is 38.0 Å². The highest BCUT2D eigenvalue weighted by Crippen LogP contribution is 2.31. The average molecular weight is 493 g/mol. The molecule has 0 bridgehead atoms. The molecule has 0 aromatic carbocycles. The van der Waals surface area contributed by atoms with Crippen molar-refractivity contribution in [3.63, 3.8) is 0 Å². The lowest BCUT2D eigenvalue weighted by Crippen LogP contribution is -2.50. The van der Waals surface area contributed by atoms with Gasteiger partial charge in [-0.05, 0) is 31.9 Å². The maximum Gasteiger partial charge on any atom is 0.417 e. The number of alkyl halides is 3. The summed E-state index contributed by atoms with van der Waals surface area (Å²) in [4.78, 5) is 33.1. The number of fused-ring (bicyclic) bond motifs is 1. The van der Waals surface area contributed by atoms with Crippen LogP contribution < -0.4 is 20.5 Å². The van der Waals surface area contributed by atoms with Gasteiger partial charge in [0.15, 0.2) is 5.65 Å². The fourth-order valence-corrected chi connectivity index (χ4v) is 4.39. The minimum absolute atomic E-state index is 0.0440. The number of methoxy groups -OCH3 is 1. The molecule has 1 aliphatic rings. The third kappa shape index (κ3) is 4.75. The van der Waals surface area contributed by atoms with Crippen molar-refractivity contribution in [1.82, 2.24) is 24.6 Å². The third-order valence-electron chi connectivity index (χ3n) is 6.36. The Morgan fingerprint density at radius 2 is 2.09 bits per heavy atom. The number of ether oxygens (including phenoxy) is 1. The summed E-state index contributed by atoms with van der Waals surface area (Å²) in [5, 5.41) is 10.0. The molecule has 3 aromatic rings. The third-order valence-corrected chi connectivity index (χ3v) is 6.36. The number of aryl methyl sites for hydroxylation is 1. The van der Waals surface area contributed by atoms with Crippen molar-refractivity contribution in [1.29, 1.82) is 0 Å². The van der Waals surface area contributed by atoms with Crippen molar-refractivity contribution in [2.24, 2.45) is 7.05 Å². The van der Waals surface area contributed by atoms with Gasteiger partial charge in [-0.2, -0.15) is 13.2 Å². The van der Waals surface area contributed by atoms with Crippen molar-refractivity contribution in [3.8, 4) is 5.88 Å². The Morgan fingerprint density at radius 3 is 2.74 bits per heavy atom. The highest BCUT2D eigenvalue weighted by Gasteiger charge is 2.33. The lowest BCUT2D eigenvalue weighted by atomic mass is 9.96. The second-order valence-electron chi connectivity index (χ2n) is 8.64. The normalized spacial score (nSPS) is 18.5. The van der Waals surface area contributed by atoms with E-state index in [0.29, 0.717) is 43.2 Å². The molecule has 4 heterocycles. The molecule has 10 nitrogen and oxygen atoms in total. The van der Waals surface area contributed by atoms with Gasteiger partial charge < -0.3 is 24.4 Å². The number of aromatic amines is 1. The molecule has 0 spiro atoms. The van der Waals surface area contributed by atoms with Gasteiger partial charge in [0.05, 0.1) is 29.9 Å². The van der Waals surface area contributed by atoms with Crippen LogP contribution in [0.15, 0.2) is 29.3 Å².